The summed E-state index contributed by atoms with van der Waals surface area (Å²) in [5, 5.41) is 12.9. The molecule has 0 aliphatic carbocycles. The molecule has 6 nitrogen and oxygen atoms in total. The van der Waals surface area contributed by atoms with Crippen molar-refractivity contribution >= 4 is 23.2 Å². The molecule has 0 bridgehead atoms. The van der Waals surface area contributed by atoms with E-state index in [1.165, 1.54) is 0 Å². The van der Waals surface area contributed by atoms with E-state index in [4.69, 9.17) is 9.84 Å². The smallest absolute Gasteiger partial charge is 0.306 e. The molecule has 7 heteroatoms. The van der Waals surface area contributed by atoms with Crippen LogP contribution in [0, 0.1) is 6.92 Å². The number of ether oxygens (including phenoxy) is 1. The third kappa shape index (κ3) is 3.63. The first kappa shape index (κ1) is 16.6. The number of aliphatic carboxylic acids is 1. The molecule has 3 heterocycles. The van der Waals surface area contributed by atoms with Crippen molar-refractivity contribution in [1.82, 2.24) is 9.88 Å². The van der Waals surface area contributed by atoms with Crippen molar-refractivity contribution in [2.45, 2.75) is 19.4 Å². The number of pyridine rings is 1. The van der Waals surface area contributed by atoms with Crippen LogP contribution in [0.1, 0.15) is 22.5 Å². The molecule has 1 saturated heterocycles. The quantitative estimate of drug-likeness (QED) is 0.920. The molecule has 1 fully saturated rings. The van der Waals surface area contributed by atoms with Crippen LogP contribution >= 0.6 is 11.3 Å². The molecule has 1 N–H and O–H groups in total. The average Bonchev–Trinajstić information content (AvgIpc) is 3.08. The fourth-order valence-corrected chi connectivity index (χ4v) is 3.40. The monoisotopic (exact) mass is 346 g/mol. The van der Waals surface area contributed by atoms with Crippen LogP contribution in [-0.4, -0.2) is 52.7 Å². The summed E-state index contributed by atoms with van der Waals surface area (Å²) < 4.78 is 5.41. The summed E-state index contributed by atoms with van der Waals surface area (Å²) in [5.41, 5.74) is 3.10. The van der Waals surface area contributed by atoms with Gasteiger partial charge in [0.1, 0.15) is 0 Å². The van der Waals surface area contributed by atoms with Gasteiger partial charge in [-0.25, -0.2) is 0 Å². The lowest BCUT2D eigenvalue weighted by Crippen LogP contribution is -2.46. The number of morpholine rings is 1. The summed E-state index contributed by atoms with van der Waals surface area (Å²) in [6.45, 7) is 2.92. The molecule has 1 atom stereocenters. The largest absolute Gasteiger partial charge is 0.481 e. The topological polar surface area (TPSA) is 79.7 Å². The summed E-state index contributed by atoms with van der Waals surface area (Å²) in [5.74, 6) is -1.05. The van der Waals surface area contributed by atoms with Gasteiger partial charge in [0.25, 0.3) is 5.91 Å². The molecule has 2 aromatic heterocycles. The number of thiophene rings is 1. The normalized spacial score (nSPS) is 17.7. The Balaban J connectivity index is 1.76. The molecular weight excluding hydrogens is 328 g/mol. The predicted molar refractivity (Wildman–Crippen MR) is 90.2 cm³/mol. The summed E-state index contributed by atoms with van der Waals surface area (Å²) in [4.78, 5) is 29.7. The summed E-state index contributed by atoms with van der Waals surface area (Å²) in [6, 6.07) is 5.63. The van der Waals surface area contributed by atoms with Gasteiger partial charge in [0.2, 0.25) is 0 Å². The lowest BCUT2D eigenvalue weighted by Gasteiger charge is -2.32. The van der Waals surface area contributed by atoms with Crippen molar-refractivity contribution in [1.29, 1.82) is 0 Å². The van der Waals surface area contributed by atoms with Crippen molar-refractivity contribution in [3.05, 3.63) is 40.2 Å². The number of rotatable bonds is 4. The molecule has 1 amide bonds. The summed E-state index contributed by atoms with van der Waals surface area (Å²) in [6.07, 6.45) is -0.559. The van der Waals surface area contributed by atoms with Crippen molar-refractivity contribution in [3.8, 4) is 11.3 Å². The highest BCUT2D eigenvalue weighted by atomic mass is 32.1. The predicted octanol–water partition coefficient (Wildman–Crippen LogP) is 2.43. The van der Waals surface area contributed by atoms with Gasteiger partial charge in [-0.15, -0.1) is 0 Å². The van der Waals surface area contributed by atoms with E-state index < -0.39 is 12.1 Å². The first-order valence-corrected chi connectivity index (χ1v) is 8.62. The van der Waals surface area contributed by atoms with Gasteiger partial charge >= 0.3 is 5.97 Å². The molecule has 126 valence electrons. The van der Waals surface area contributed by atoms with Crippen LogP contribution in [0.3, 0.4) is 0 Å². The van der Waals surface area contributed by atoms with E-state index >= 15 is 0 Å². The molecule has 2 aromatic rings. The number of hydrogen-bond donors (Lipinski definition) is 1. The summed E-state index contributed by atoms with van der Waals surface area (Å²) >= 11 is 1.60. The number of aromatic nitrogens is 1. The Morgan fingerprint density at radius 3 is 2.92 bits per heavy atom. The molecule has 0 radical (unpaired) electrons. The van der Waals surface area contributed by atoms with Gasteiger partial charge in [0.05, 0.1) is 36.1 Å². The van der Waals surface area contributed by atoms with E-state index in [1.54, 1.807) is 22.3 Å². The fraction of sp³-hybridized carbons (Fsp3) is 0.353. The Kier molecular flexibility index (Phi) is 4.92. The number of carbonyl (C=O) groups excluding carboxylic acids is 1. The number of carboxylic acid groups (broad SMARTS) is 1. The number of hydrogen-bond acceptors (Lipinski definition) is 5. The summed E-state index contributed by atoms with van der Waals surface area (Å²) in [7, 11) is 0. The maximum atomic E-state index is 12.7. The van der Waals surface area contributed by atoms with Gasteiger partial charge in [-0.3, -0.25) is 14.6 Å². The minimum atomic E-state index is -0.924. The van der Waals surface area contributed by atoms with Gasteiger partial charge in [0.15, 0.2) is 0 Å². The highest BCUT2D eigenvalue weighted by molar-refractivity contribution is 7.08. The highest BCUT2D eigenvalue weighted by Crippen LogP contribution is 2.22. The molecule has 0 saturated carbocycles. The molecule has 3 rings (SSSR count). The number of nitrogens with zero attached hydrogens (tertiary/aromatic N) is 2. The van der Waals surface area contributed by atoms with Crippen molar-refractivity contribution in [2.75, 3.05) is 19.7 Å². The molecular formula is C17H18N2O4S. The van der Waals surface area contributed by atoms with Crippen LogP contribution in [-0.2, 0) is 9.53 Å². The van der Waals surface area contributed by atoms with Crippen LogP contribution in [0.4, 0.5) is 0 Å². The first-order chi connectivity index (χ1) is 11.5. The van der Waals surface area contributed by atoms with Crippen molar-refractivity contribution < 1.29 is 19.4 Å². The maximum absolute atomic E-state index is 12.7. The third-order valence-electron chi connectivity index (χ3n) is 3.96. The second-order valence-electron chi connectivity index (χ2n) is 5.68. The Morgan fingerprint density at radius 1 is 1.42 bits per heavy atom. The van der Waals surface area contributed by atoms with Gasteiger partial charge in [-0.2, -0.15) is 11.3 Å². The minimum absolute atomic E-state index is 0.0991. The lowest BCUT2D eigenvalue weighted by atomic mass is 10.1. The lowest BCUT2D eigenvalue weighted by molar-refractivity contribution is -0.141. The van der Waals surface area contributed by atoms with Crippen LogP contribution in [0.5, 0.6) is 0 Å². The zero-order chi connectivity index (χ0) is 17.1. The zero-order valence-electron chi connectivity index (χ0n) is 13.3. The van der Waals surface area contributed by atoms with E-state index in [0.29, 0.717) is 24.4 Å². The van der Waals surface area contributed by atoms with Crippen LogP contribution in [0.15, 0.2) is 29.0 Å². The Morgan fingerprint density at radius 2 is 2.25 bits per heavy atom. The number of carbonyl (C=O) groups is 2. The van der Waals surface area contributed by atoms with E-state index in [9.17, 15) is 9.59 Å². The third-order valence-corrected chi connectivity index (χ3v) is 4.64. The van der Waals surface area contributed by atoms with Gasteiger partial charge in [-0.1, -0.05) is 0 Å². The van der Waals surface area contributed by atoms with E-state index in [0.717, 1.165) is 11.3 Å². The van der Waals surface area contributed by atoms with E-state index in [-0.39, 0.29) is 18.9 Å². The fourth-order valence-electron chi connectivity index (χ4n) is 2.75. The van der Waals surface area contributed by atoms with Crippen LogP contribution in [0.25, 0.3) is 11.3 Å². The standard InChI is InChI=1S/C17H18N2O4S/c1-11-14(2-3-15(18-11)12-4-7-24-10-12)17(22)19-5-6-23-13(9-19)8-16(20)21/h2-4,7,10,13H,5-6,8-9H2,1H3,(H,20,21). The van der Waals surface area contributed by atoms with Crippen molar-refractivity contribution in [2.24, 2.45) is 0 Å². The molecule has 1 aliphatic rings. The number of aryl methyl sites for hydroxylation is 1. The molecule has 0 aromatic carbocycles. The minimum Gasteiger partial charge on any atom is -0.481 e. The second-order valence-corrected chi connectivity index (χ2v) is 6.46. The molecule has 1 aliphatic heterocycles. The molecule has 0 spiro atoms. The van der Waals surface area contributed by atoms with E-state index in [1.807, 2.05) is 29.8 Å². The molecule has 24 heavy (non-hydrogen) atoms. The van der Waals surface area contributed by atoms with Gasteiger partial charge in [-0.05, 0) is 30.5 Å². The van der Waals surface area contributed by atoms with Crippen LogP contribution < -0.4 is 0 Å². The SMILES string of the molecule is Cc1nc(-c2ccsc2)ccc1C(=O)N1CCOC(CC(=O)O)C1. The number of amides is 1. The maximum Gasteiger partial charge on any atom is 0.306 e. The highest BCUT2D eigenvalue weighted by Gasteiger charge is 2.27. The average molecular weight is 346 g/mol. The van der Waals surface area contributed by atoms with Gasteiger partial charge < -0.3 is 14.7 Å². The van der Waals surface area contributed by atoms with Gasteiger partial charge in [0, 0.05) is 24.0 Å². The van der Waals surface area contributed by atoms with E-state index in [2.05, 4.69) is 4.98 Å². The number of carboxylic acids is 1. The zero-order valence-corrected chi connectivity index (χ0v) is 14.1. The van der Waals surface area contributed by atoms with Crippen molar-refractivity contribution in [3.63, 3.8) is 0 Å². The Bertz CT molecular complexity index is 745. The van der Waals surface area contributed by atoms with Crippen LogP contribution in [0.2, 0.25) is 0 Å². The first-order valence-electron chi connectivity index (χ1n) is 7.67. The Labute approximate surface area is 143 Å². The second kappa shape index (κ2) is 7.11. The Hall–Kier alpha value is -2.25. The molecule has 1 unspecified atom stereocenters.